The number of nitrogens with zero attached hydrogens (tertiary/aromatic N) is 2. The Hall–Kier alpha value is -1.97. The Bertz CT molecular complexity index is 568. The van der Waals surface area contributed by atoms with Crippen molar-refractivity contribution in [2.24, 2.45) is 0 Å². The first-order chi connectivity index (χ1) is 8.40. The van der Waals surface area contributed by atoms with Gasteiger partial charge in [0, 0.05) is 24.7 Å². The Balaban J connectivity index is 1.78. The molecule has 0 atom stereocenters. The second-order valence-electron chi connectivity index (χ2n) is 4.41. The molecule has 0 aliphatic carbocycles. The first-order valence-electron chi connectivity index (χ1n) is 5.86. The van der Waals surface area contributed by atoms with Crippen LogP contribution in [0, 0.1) is 0 Å². The summed E-state index contributed by atoms with van der Waals surface area (Å²) in [7, 11) is 0. The highest BCUT2D eigenvalue weighted by Crippen LogP contribution is 2.35. The van der Waals surface area contributed by atoms with Crippen molar-refractivity contribution in [3.8, 4) is 22.8 Å². The van der Waals surface area contributed by atoms with Crippen molar-refractivity contribution in [1.29, 1.82) is 0 Å². The fourth-order valence-corrected chi connectivity index (χ4v) is 2.45. The zero-order chi connectivity index (χ0) is 11.2. The predicted molar refractivity (Wildman–Crippen MR) is 62.1 cm³/mol. The Labute approximate surface area is 98.8 Å². The zero-order valence-electron chi connectivity index (χ0n) is 9.35. The number of ether oxygens (including phenoxy) is 2. The van der Waals surface area contributed by atoms with Crippen molar-refractivity contribution in [3.05, 3.63) is 30.2 Å². The van der Waals surface area contributed by atoms with E-state index in [4.69, 9.17) is 9.47 Å². The van der Waals surface area contributed by atoms with Gasteiger partial charge in [0.1, 0.15) is 5.82 Å². The molecular weight excluding hydrogens is 216 g/mol. The predicted octanol–water partition coefficient (Wildman–Crippen LogP) is 2.22. The van der Waals surface area contributed by atoms with Gasteiger partial charge in [-0.25, -0.2) is 4.98 Å². The topological polar surface area (TPSA) is 36.3 Å². The average molecular weight is 228 g/mol. The molecule has 1 aromatic carbocycles. The van der Waals surface area contributed by atoms with E-state index in [0.29, 0.717) is 6.79 Å². The molecule has 1 aromatic heterocycles. The Morgan fingerprint density at radius 3 is 3.06 bits per heavy atom. The fraction of sp³-hybridized carbons (Fsp3) is 0.308. The quantitative estimate of drug-likeness (QED) is 0.751. The van der Waals surface area contributed by atoms with E-state index in [0.717, 1.165) is 35.7 Å². The molecule has 17 heavy (non-hydrogen) atoms. The van der Waals surface area contributed by atoms with Crippen LogP contribution in [0.25, 0.3) is 11.3 Å². The van der Waals surface area contributed by atoms with Crippen LogP contribution in [-0.2, 0) is 13.0 Å². The van der Waals surface area contributed by atoms with E-state index in [1.54, 1.807) is 0 Å². The lowest BCUT2D eigenvalue weighted by molar-refractivity contribution is 0.174. The first kappa shape index (κ1) is 9.10. The molecule has 0 spiro atoms. The van der Waals surface area contributed by atoms with Crippen LogP contribution >= 0.6 is 0 Å². The van der Waals surface area contributed by atoms with Crippen LogP contribution in [0.2, 0.25) is 0 Å². The molecule has 0 saturated carbocycles. The van der Waals surface area contributed by atoms with Gasteiger partial charge in [-0.3, -0.25) is 0 Å². The highest BCUT2D eigenvalue weighted by atomic mass is 16.7. The van der Waals surface area contributed by atoms with E-state index in [-0.39, 0.29) is 0 Å². The standard InChI is InChI=1S/C13H12N2O2/c1-2-13-14-10(7-15(13)5-1)9-3-4-11-12(6-9)17-8-16-11/h3-4,6-7H,1-2,5,8H2. The number of hydrogen-bond donors (Lipinski definition) is 0. The van der Waals surface area contributed by atoms with Gasteiger partial charge >= 0.3 is 0 Å². The molecule has 4 heteroatoms. The molecule has 2 aromatic rings. The maximum absolute atomic E-state index is 5.38. The summed E-state index contributed by atoms with van der Waals surface area (Å²) in [5.74, 6) is 2.83. The summed E-state index contributed by atoms with van der Waals surface area (Å²) in [6.07, 6.45) is 4.42. The third-order valence-electron chi connectivity index (χ3n) is 3.33. The molecule has 0 unspecified atom stereocenters. The monoisotopic (exact) mass is 228 g/mol. The molecular formula is C13H12N2O2. The summed E-state index contributed by atoms with van der Waals surface area (Å²) < 4.78 is 12.9. The minimum atomic E-state index is 0.318. The molecule has 0 radical (unpaired) electrons. The van der Waals surface area contributed by atoms with Crippen molar-refractivity contribution in [1.82, 2.24) is 9.55 Å². The minimum Gasteiger partial charge on any atom is -0.454 e. The van der Waals surface area contributed by atoms with Crippen LogP contribution < -0.4 is 9.47 Å². The normalized spacial score (nSPS) is 16.2. The highest BCUT2D eigenvalue weighted by Gasteiger charge is 2.17. The summed E-state index contributed by atoms with van der Waals surface area (Å²) in [6.45, 7) is 1.41. The minimum absolute atomic E-state index is 0.318. The van der Waals surface area contributed by atoms with E-state index in [2.05, 4.69) is 15.7 Å². The lowest BCUT2D eigenvalue weighted by atomic mass is 10.1. The molecule has 86 valence electrons. The molecule has 0 saturated heterocycles. The third-order valence-corrected chi connectivity index (χ3v) is 3.33. The summed E-state index contributed by atoms with van der Waals surface area (Å²) in [5.41, 5.74) is 2.12. The van der Waals surface area contributed by atoms with Crippen LogP contribution in [0.3, 0.4) is 0 Å². The highest BCUT2D eigenvalue weighted by molar-refractivity contribution is 5.64. The van der Waals surface area contributed by atoms with Gasteiger partial charge in [-0.2, -0.15) is 0 Å². The Morgan fingerprint density at radius 2 is 2.12 bits per heavy atom. The number of benzene rings is 1. The van der Waals surface area contributed by atoms with Gasteiger partial charge in [0.25, 0.3) is 0 Å². The lowest BCUT2D eigenvalue weighted by Gasteiger charge is -1.99. The summed E-state index contributed by atoms with van der Waals surface area (Å²) in [6, 6.07) is 5.98. The third kappa shape index (κ3) is 1.33. The first-order valence-corrected chi connectivity index (χ1v) is 5.86. The largest absolute Gasteiger partial charge is 0.454 e. The molecule has 4 nitrogen and oxygen atoms in total. The maximum atomic E-state index is 5.38. The second-order valence-corrected chi connectivity index (χ2v) is 4.41. The molecule has 0 amide bonds. The van der Waals surface area contributed by atoms with Gasteiger partial charge < -0.3 is 14.0 Å². The van der Waals surface area contributed by atoms with Crippen LogP contribution in [-0.4, -0.2) is 16.3 Å². The molecule has 0 bridgehead atoms. The van der Waals surface area contributed by atoms with Gasteiger partial charge in [-0.05, 0) is 24.6 Å². The molecule has 0 fully saturated rings. The second kappa shape index (κ2) is 3.26. The number of rotatable bonds is 1. The number of aromatic nitrogens is 2. The van der Waals surface area contributed by atoms with Gasteiger partial charge in [0.05, 0.1) is 5.69 Å². The summed E-state index contributed by atoms with van der Waals surface area (Å²) in [4.78, 5) is 4.65. The number of hydrogen-bond acceptors (Lipinski definition) is 3. The summed E-state index contributed by atoms with van der Waals surface area (Å²) >= 11 is 0. The smallest absolute Gasteiger partial charge is 0.231 e. The van der Waals surface area contributed by atoms with Crippen molar-refractivity contribution in [3.63, 3.8) is 0 Å². The maximum Gasteiger partial charge on any atom is 0.231 e. The van der Waals surface area contributed by atoms with E-state index >= 15 is 0 Å². The van der Waals surface area contributed by atoms with Gasteiger partial charge in [-0.15, -0.1) is 0 Å². The zero-order valence-corrected chi connectivity index (χ0v) is 9.35. The van der Waals surface area contributed by atoms with Crippen molar-refractivity contribution in [2.75, 3.05) is 6.79 Å². The van der Waals surface area contributed by atoms with Gasteiger partial charge in [-0.1, -0.05) is 0 Å². The number of imidazole rings is 1. The molecule has 2 aliphatic rings. The van der Waals surface area contributed by atoms with Crippen molar-refractivity contribution in [2.45, 2.75) is 19.4 Å². The van der Waals surface area contributed by atoms with Crippen LogP contribution in [0.4, 0.5) is 0 Å². The van der Waals surface area contributed by atoms with Crippen LogP contribution in [0.5, 0.6) is 11.5 Å². The molecule has 4 rings (SSSR count). The Kier molecular flexibility index (Phi) is 1.75. The van der Waals surface area contributed by atoms with Gasteiger partial charge in [0.2, 0.25) is 6.79 Å². The Morgan fingerprint density at radius 1 is 1.18 bits per heavy atom. The van der Waals surface area contributed by atoms with Crippen molar-refractivity contribution >= 4 is 0 Å². The van der Waals surface area contributed by atoms with E-state index in [9.17, 15) is 0 Å². The molecule has 3 heterocycles. The number of aryl methyl sites for hydroxylation is 2. The van der Waals surface area contributed by atoms with Crippen LogP contribution in [0.1, 0.15) is 12.2 Å². The van der Waals surface area contributed by atoms with Gasteiger partial charge in [0.15, 0.2) is 11.5 Å². The summed E-state index contributed by atoms with van der Waals surface area (Å²) in [5, 5.41) is 0. The van der Waals surface area contributed by atoms with E-state index in [1.165, 1.54) is 12.2 Å². The van der Waals surface area contributed by atoms with Crippen LogP contribution in [0.15, 0.2) is 24.4 Å². The fourth-order valence-electron chi connectivity index (χ4n) is 2.45. The SMILES string of the molecule is c1cc2c(cc1-c1cn3c(n1)CCC3)OCO2. The van der Waals surface area contributed by atoms with Crippen molar-refractivity contribution < 1.29 is 9.47 Å². The molecule has 2 aliphatic heterocycles. The molecule has 0 N–H and O–H groups in total. The average Bonchev–Trinajstić information content (AvgIpc) is 3.02. The lowest BCUT2D eigenvalue weighted by Crippen LogP contribution is -1.92. The van der Waals surface area contributed by atoms with E-state index < -0.39 is 0 Å². The van der Waals surface area contributed by atoms with E-state index in [1.807, 2.05) is 18.2 Å². The number of fused-ring (bicyclic) bond motifs is 2.